The van der Waals surface area contributed by atoms with Crippen molar-refractivity contribution in [3.8, 4) is 11.5 Å². The number of fused-ring (bicyclic) bond motifs is 2. The maximum absolute atomic E-state index is 13.3. The number of hydrogen-bond acceptors (Lipinski definition) is 7. The summed E-state index contributed by atoms with van der Waals surface area (Å²) in [6, 6.07) is 16.0. The van der Waals surface area contributed by atoms with Crippen LogP contribution in [0, 0.1) is 5.92 Å². The lowest BCUT2D eigenvalue weighted by atomic mass is 9.97. The van der Waals surface area contributed by atoms with Crippen LogP contribution in [0.1, 0.15) is 64.0 Å². The third-order valence-corrected chi connectivity index (χ3v) is 7.54. The molecule has 0 radical (unpaired) electrons. The Morgan fingerprint density at radius 3 is 2.55 bits per heavy atom. The van der Waals surface area contributed by atoms with Gasteiger partial charge in [0.1, 0.15) is 0 Å². The number of nitrogens with zero attached hydrogens (tertiary/aromatic N) is 5. The van der Waals surface area contributed by atoms with Crippen LogP contribution in [0.25, 0.3) is 10.9 Å². The van der Waals surface area contributed by atoms with E-state index in [2.05, 4.69) is 84.3 Å². The molecule has 0 spiro atoms. The highest BCUT2D eigenvalue weighted by molar-refractivity contribution is 5.83. The Balaban J connectivity index is 1.54. The lowest BCUT2D eigenvalue weighted by Gasteiger charge is -2.35. The zero-order chi connectivity index (χ0) is 26.9. The fraction of sp³-hybridized carbons (Fsp3) is 0.448. The quantitative estimate of drug-likeness (QED) is 0.322. The summed E-state index contributed by atoms with van der Waals surface area (Å²) in [6.45, 7) is 12.2. The zero-order valence-corrected chi connectivity index (χ0v) is 22.8. The molecule has 0 aliphatic carbocycles. The number of rotatable bonds is 10. The van der Waals surface area contributed by atoms with Crippen molar-refractivity contribution in [2.75, 3.05) is 13.3 Å². The number of ether oxygens (including phenoxy) is 2. The van der Waals surface area contributed by atoms with Gasteiger partial charge in [0.15, 0.2) is 17.3 Å². The molecule has 1 aliphatic rings. The van der Waals surface area contributed by atoms with Gasteiger partial charge in [0.25, 0.3) is 5.56 Å². The molecule has 1 aliphatic heterocycles. The SMILES string of the molecule is CCC(C)(C)n1nnnc1C(C(C)C)N(CCc1ccccc1)Cc1cc2cc3c(cc2[nH]c1=O)OCO3. The van der Waals surface area contributed by atoms with Crippen molar-refractivity contribution in [3.05, 3.63) is 75.8 Å². The first-order valence-corrected chi connectivity index (χ1v) is 13.3. The van der Waals surface area contributed by atoms with Gasteiger partial charge in [-0.1, -0.05) is 51.1 Å². The normalized spacial score (nSPS) is 14.1. The number of H-pyrrole nitrogens is 1. The van der Waals surface area contributed by atoms with Crippen LogP contribution >= 0.6 is 0 Å². The molecule has 0 saturated carbocycles. The molecule has 1 unspecified atom stereocenters. The van der Waals surface area contributed by atoms with Gasteiger partial charge in [0.05, 0.1) is 17.1 Å². The smallest absolute Gasteiger partial charge is 0.252 e. The average Bonchev–Trinajstić information content (AvgIpc) is 3.57. The molecule has 1 atom stereocenters. The summed E-state index contributed by atoms with van der Waals surface area (Å²) >= 11 is 0. The van der Waals surface area contributed by atoms with E-state index in [4.69, 9.17) is 9.47 Å². The number of aromatic amines is 1. The highest BCUT2D eigenvalue weighted by Gasteiger charge is 2.33. The molecule has 0 saturated heterocycles. The molecule has 9 nitrogen and oxygen atoms in total. The van der Waals surface area contributed by atoms with Gasteiger partial charge >= 0.3 is 0 Å². The molecule has 0 fully saturated rings. The minimum Gasteiger partial charge on any atom is -0.454 e. The van der Waals surface area contributed by atoms with Crippen molar-refractivity contribution in [1.29, 1.82) is 0 Å². The third-order valence-electron chi connectivity index (χ3n) is 7.54. The standard InChI is InChI=1S/C29H36N6O3/c1-6-29(4,5)35-27(31-32-33-35)26(19(2)3)34(13-12-20-10-8-7-9-11-20)17-22-14-21-15-24-25(38-18-37-24)16-23(21)30-28(22)36/h7-11,14-16,19,26H,6,12-13,17-18H2,1-5H3,(H,30,36). The first kappa shape index (κ1) is 25.9. The van der Waals surface area contributed by atoms with Crippen molar-refractivity contribution in [2.45, 2.75) is 65.6 Å². The van der Waals surface area contributed by atoms with Crippen LogP contribution in [0.4, 0.5) is 0 Å². The van der Waals surface area contributed by atoms with Gasteiger partial charge in [-0.25, -0.2) is 4.68 Å². The number of nitrogens with one attached hydrogen (secondary N) is 1. The fourth-order valence-electron chi connectivity index (χ4n) is 5.05. The molecule has 38 heavy (non-hydrogen) atoms. The van der Waals surface area contributed by atoms with Crippen LogP contribution in [0.3, 0.4) is 0 Å². The fourth-order valence-corrected chi connectivity index (χ4v) is 5.05. The summed E-state index contributed by atoms with van der Waals surface area (Å²) in [7, 11) is 0. The molecule has 0 amide bonds. The number of benzene rings is 2. The van der Waals surface area contributed by atoms with E-state index in [0.29, 0.717) is 23.6 Å². The van der Waals surface area contributed by atoms with E-state index in [9.17, 15) is 4.79 Å². The second-order valence-electron chi connectivity index (χ2n) is 10.9. The van der Waals surface area contributed by atoms with Crippen LogP contribution in [0.15, 0.2) is 53.3 Å². The average molecular weight is 517 g/mol. The molecule has 9 heteroatoms. The van der Waals surface area contributed by atoms with E-state index < -0.39 is 0 Å². The Morgan fingerprint density at radius 2 is 1.84 bits per heavy atom. The van der Waals surface area contributed by atoms with E-state index >= 15 is 0 Å². The largest absolute Gasteiger partial charge is 0.454 e. The van der Waals surface area contributed by atoms with Gasteiger partial charge in [-0.3, -0.25) is 9.69 Å². The Kier molecular flexibility index (Phi) is 7.21. The predicted molar refractivity (Wildman–Crippen MR) is 146 cm³/mol. The molecule has 2 aromatic carbocycles. The second kappa shape index (κ2) is 10.6. The highest BCUT2D eigenvalue weighted by atomic mass is 16.7. The second-order valence-corrected chi connectivity index (χ2v) is 10.9. The monoisotopic (exact) mass is 516 g/mol. The molecule has 1 N–H and O–H groups in total. The molecule has 3 heterocycles. The third kappa shape index (κ3) is 5.15. The lowest BCUT2D eigenvalue weighted by molar-refractivity contribution is 0.127. The summed E-state index contributed by atoms with van der Waals surface area (Å²) in [4.78, 5) is 18.7. The topological polar surface area (TPSA) is 98.2 Å². The van der Waals surface area contributed by atoms with Gasteiger partial charge in [-0.15, -0.1) is 5.10 Å². The van der Waals surface area contributed by atoms with Gasteiger partial charge in [0, 0.05) is 30.1 Å². The first-order chi connectivity index (χ1) is 18.3. The zero-order valence-electron chi connectivity index (χ0n) is 22.8. The number of hydrogen-bond donors (Lipinski definition) is 1. The molecule has 5 rings (SSSR count). The maximum atomic E-state index is 13.3. The van der Waals surface area contributed by atoms with Gasteiger partial charge in [0.2, 0.25) is 6.79 Å². The van der Waals surface area contributed by atoms with E-state index in [1.165, 1.54) is 5.56 Å². The van der Waals surface area contributed by atoms with Crippen molar-refractivity contribution in [1.82, 2.24) is 30.1 Å². The highest BCUT2D eigenvalue weighted by Crippen LogP contribution is 2.36. The van der Waals surface area contributed by atoms with Crippen LogP contribution in [0.5, 0.6) is 11.5 Å². The Labute approximate surface area is 222 Å². The molecule has 200 valence electrons. The Morgan fingerprint density at radius 1 is 1.11 bits per heavy atom. The lowest BCUT2D eigenvalue weighted by Crippen LogP contribution is -2.39. The number of tetrazole rings is 1. The van der Waals surface area contributed by atoms with Crippen molar-refractivity contribution in [3.63, 3.8) is 0 Å². The van der Waals surface area contributed by atoms with Crippen molar-refractivity contribution in [2.24, 2.45) is 5.92 Å². The summed E-state index contributed by atoms with van der Waals surface area (Å²) in [5.74, 6) is 2.37. The molecule has 0 bridgehead atoms. The van der Waals surface area contributed by atoms with Crippen molar-refractivity contribution < 1.29 is 9.47 Å². The van der Waals surface area contributed by atoms with E-state index in [0.717, 1.165) is 36.1 Å². The van der Waals surface area contributed by atoms with Gasteiger partial charge in [-0.05, 0) is 60.7 Å². The maximum Gasteiger partial charge on any atom is 0.252 e. The molecular weight excluding hydrogens is 480 g/mol. The summed E-state index contributed by atoms with van der Waals surface area (Å²) in [5.41, 5.74) is 2.31. The minimum atomic E-state index is -0.236. The van der Waals surface area contributed by atoms with Crippen LogP contribution in [-0.2, 0) is 18.5 Å². The summed E-state index contributed by atoms with van der Waals surface area (Å²) < 4.78 is 13.0. The summed E-state index contributed by atoms with van der Waals surface area (Å²) in [5, 5.41) is 13.9. The molecule has 4 aromatic rings. The number of aromatic nitrogens is 5. The van der Waals surface area contributed by atoms with Gasteiger partial charge < -0.3 is 14.5 Å². The Bertz CT molecular complexity index is 1460. The van der Waals surface area contributed by atoms with Crippen LogP contribution in [0.2, 0.25) is 0 Å². The molecule has 2 aromatic heterocycles. The summed E-state index contributed by atoms with van der Waals surface area (Å²) in [6.07, 6.45) is 1.73. The van der Waals surface area contributed by atoms with Crippen molar-refractivity contribution >= 4 is 10.9 Å². The van der Waals surface area contributed by atoms with E-state index in [-0.39, 0.29) is 29.9 Å². The van der Waals surface area contributed by atoms with Crippen LogP contribution in [-0.4, -0.2) is 43.4 Å². The van der Waals surface area contributed by atoms with Crippen LogP contribution < -0.4 is 15.0 Å². The van der Waals surface area contributed by atoms with E-state index in [1.54, 1.807) is 0 Å². The van der Waals surface area contributed by atoms with E-state index in [1.807, 2.05) is 28.9 Å². The Hall–Kier alpha value is -3.72. The number of pyridine rings is 1. The molecular formula is C29H36N6O3. The minimum absolute atomic E-state index is 0.0913. The first-order valence-electron chi connectivity index (χ1n) is 13.3. The predicted octanol–water partition coefficient (Wildman–Crippen LogP) is 4.83. The van der Waals surface area contributed by atoms with Gasteiger partial charge in [-0.2, -0.15) is 0 Å².